The van der Waals surface area contributed by atoms with Gasteiger partial charge in [-0.2, -0.15) is 0 Å². The summed E-state index contributed by atoms with van der Waals surface area (Å²) < 4.78 is 0. The fourth-order valence-electron chi connectivity index (χ4n) is 1.54. The fourth-order valence-corrected chi connectivity index (χ4v) is 1.54. The molecule has 13 heavy (non-hydrogen) atoms. The molecular formula is C13H16. The molecule has 0 atom stereocenters. The molecule has 1 aromatic carbocycles. The van der Waals surface area contributed by atoms with Gasteiger partial charge in [-0.3, -0.25) is 0 Å². The highest BCUT2D eigenvalue weighted by atomic mass is 14.1. The Morgan fingerprint density at radius 3 is 2.62 bits per heavy atom. The van der Waals surface area contributed by atoms with Crippen molar-refractivity contribution in [1.82, 2.24) is 0 Å². The molecule has 0 aromatic heterocycles. The van der Waals surface area contributed by atoms with E-state index in [1.807, 2.05) is 0 Å². The van der Waals surface area contributed by atoms with Crippen molar-refractivity contribution in [3.63, 3.8) is 0 Å². The van der Waals surface area contributed by atoms with Crippen molar-refractivity contribution >= 4 is 0 Å². The van der Waals surface area contributed by atoms with Gasteiger partial charge >= 0.3 is 0 Å². The molecular weight excluding hydrogens is 156 g/mol. The minimum absolute atomic E-state index is 0.661. The van der Waals surface area contributed by atoms with E-state index in [4.69, 9.17) is 6.42 Å². The van der Waals surface area contributed by atoms with Crippen molar-refractivity contribution in [2.24, 2.45) is 5.92 Å². The van der Waals surface area contributed by atoms with Crippen LogP contribution in [0.4, 0.5) is 0 Å². The van der Waals surface area contributed by atoms with Crippen molar-refractivity contribution in [1.29, 1.82) is 0 Å². The van der Waals surface area contributed by atoms with Crippen LogP contribution >= 0.6 is 0 Å². The van der Waals surface area contributed by atoms with Crippen LogP contribution in [0.3, 0.4) is 0 Å². The molecule has 0 aliphatic carbocycles. The number of benzene rings is 1. The number of hydrogen-bond acceptors (Lipinski definition) is 0. The van der Waals surface area contributed by atoms with Crippen LogP contribution < -0.4 is 0 Å². The molecule has 1 rings (SSSR count). The maximum Gasteiger partial charge on any atom is 0.0303 e. The van der Waals surface area contributed by atoms with Crippen LogP contribution in [0.25, 0.3) is 0 Å². The van der Waals surface area contributed by atoms with E-state index < -0.39 is 0 Å². The van der Waals surface area contributed by atoms with Crippen LogP contribution in [0.5, 0.6) is 0 Å². The van der Waals surface area contributed by atoms with Gasteiger partial charge in [0.05, 0.1) is 0 Å². The molecule has 0 unspecified atom stereocenters. The Morgan fingerprint density at radius 1 is 1.38 bits per heavy atom. The summed E-state index contributed by atoms with van der Waals surface area (Å²) >= 11 is 0. The molecule has 0 saturated heterocycles. The lowest BCUT2D eigenvalue weighted by molar-refractivity contribution is 0.646. The largest absolute Gasteiger partial charge is 0.115 e. The van der Waals surface area contributed by atoms with Crippen molar-refractivity contribution in [2.45, 2.75) is 27.2 Å². The van der Waals surface area contributed by atoms with E-state index in [1.165, 1.54) is 11.1 Å². The number of aryl methyl sites for hydroxylation is 1. The summed E-state index contributed by atoms with van der Waals surface area (Å²) in [6, 6.07) is 6.27. The minimum atomic E-state index is 0.661. The Balaban J connectivity index is 3.07. The third-order valence-corrected chi connectivity index (χ3v) is 2.13. The van der Waals surface area contributed by atoms with Crippen molar-refractivity contribution < 1.29 is 0 Å². The lowest BCUT2D eigenvalue weighted by Crippen LogP contribution is -1.98. The quantitative estimate of drug-likeness (QED) is 0.601. The minimum Gasteiger partial charge on any atom is -0.115 e. The molecule has 0 N–H and O–H groups in total. The average Bonchev–Trinajstić information content (AvgIpc) is 2.03. The molecule has 0 amide bonds. The first-order chi connectivity index (χ1) is 6.15. The lowest BCUT2D eigenvalue weighted by Gasteiger charge is -2.09. The predicted molar refractivity (Wildman–Crippen MR) is 57.7 cm³/mol. The van der Waals surface area contributed by atoms with Gasteiger partial charge in [-0.25, -0.2) is 0 Å². The maximum atomic E-state index is 5.48. The Bertz CT molecular complexity index is 326. The normalized spacial score (nSPS) is 10.1. The van der Waals surface area contributed by atoms with E-state index in [0.29, 0.717) is 5.92 Å². The smallest absolute Gasteiger partial charge is 0.0303 e. The van der Waals surface area contributed by atoms with Gasteiger partial charge in [0.1, 0.15) is 0 Å². The molecule has 0 radical (unpaired) electrons. The third kappa shape index (κ3) is 2.36. The SMILES string of the molecule is C#Cc1c(C)cccc1CC(C)C. The van der Waals surface area contributed by atoms with Crippen molar-refractivity contribution in [3.05, 3.63) is 34.9 Å². The number of terminal acetylenes is 1. The zero-order chi connectivity index (χ0) is 9.84. The highest BCUT2D eigenvalue weighted by Crippen LogP contribution is 2.16. The van der Waals surface area contributed by atoms with E-state index in [-0.39, 0.29) is 0 Å². The molecule has 0 aliphatic rings. The van der Waals surface area contributed by atoms with Gasteiger partial charge < -0.3 is 0 Å². The Morgan fingerprint density at radius 2 is 2.08 bits per heavy atom. The van der Waals surface area contributed by atoms with Crippen molar-refractivity contribution in [3.8, 4) is 12.3 Å². The molecule has 0 nitrogen and oxygen atoms in total. The van der Waals surface area contributed by atoms with Gasteiger partial charge in [-0.05, 0) is 30.4 Å². The Hall–Kier alpha value is -1.22. The van der Waals surface area contributed by atoms with Crippen LogP contribution in [-0.2, 0) is 6.42 Å². The van der Waals surface area contributed by atoms with Crippen LogP contribution in [0.2, 0.25) is 0 Å². The third-order valence-electron chi connectivity index (χ3n) is 2.13. The van der Waals surface area contributed by atoms with Gasteiger partial charge in [-0.1, -0.05) is 38.0 Å². The Kier molecular flexibility index (Phi) is 3.14. The summed E-state index contributed by atoms with van der Waals surface area (Å²) in [6.07, 6.45) is 6.55. The first-order valence-electron chi connectivity index (χ1n) is 4.70. The topological polar surface area (TPSA) is 0 Å². The van der Waals surface area contributed by atoms with E-state index in [0.717, 1.165) is 12.0 Å². The highest BCUT2D eigenvalue weighted by Gasteiger charge is 2.04. The summed E-state index contributed by atoms with van der Waals surface area (Å²) in [5.41, 5.74) is 3.59. The molecule has 68 valence electrons. The highest BCUT2D eigenvalue weighted by molar-refractivity contribution is 5.45. The van der Waals surface area contributed by atoms with Crippen LogP contribution in [0.15, 0.2) is 18.2 Å². The molecule has 0 saturated carbocycles. The molecule has 0 spiro atoms. The second-order valence-electron chi connectivity index (χ2n) is 3.85. The number of hydrogen-bond donors (Lipinski definition) is 0. The summed E-state index contributed by atoms with van der Waals surface area (Å²) in [5, 5.41) is 0. The van der Waals surface area contributed by atoms with Crippen LogP contribution in [0, 0.1) is 25.2 Å². The Labute approximate surface area is 81.0 Å². The molecule has 0 bridgehead atoms. The van der Waals surface area contributed by atoms with E-state index >= 15 is 0 Å². The first kappa shape index (κ1) is 9.86. The summed E-state index contributed by atoms with van der Waals surface area (Å²) in [7, 11) is 0. The average molecular weight is 172 g/mol. The van der Waals surface area contributed by atoms with Gasteiger partial charge in [0, 0.05) is 5.56 Å². The van der Waals surface area contributed by atoms with Gasteiger partial charge in [0.15, 0.2) is 0 Å². The van der Waals surface area contributed by atoms with Gasteiger partial charge in [0.2, 0.25) is 0 Å². The van der Waals surface area contributed by atoms with Gasteiger partial charge in [-0.15, -0.1) is 6.42 Å². The van der Waals surface area contributed by atoms with E-state index in [2.05, 4.69) is 44.9 Å². The van der Waals surface area contributed by atoms with Crippen LogP contribution in [0.1, 0.15) is 30.5 Å². The molecule has 0 fully saturated rings. The zero-order valence-electron chi connectivity index (χ0n) is 8.59. The summed E-state index contributed by atoms with van der Waals surface area (Å²) in [5.74, 6) is 3.43. The zero-order valence-corrected chi connectivity index (χ0v) is 8.59. The molecule has 1 aromatic rings. The van der Waals surface area contributed by atoms with Gasteiger partial charge in [0.25, 0.3) is 0 Å². The van der Waals surface area contributed by atoms with E-state index in [9.17, 15) is 0 Å². The molecule has 0 aliphatic heterocycles. The molecule has 0 heteroatoms. The summed E-state index contributed by atoms with van der Waals surface area (Å²) in [4.78, 5) is 0. The lowest BCUT2D eigenvalue weighted by atomic mass is 9.95. The van der Waals surface area contributed by atoms with E-state index in [1.54, 1.807) is 0 Å². The number of rotatable bonds is 2. The maximum absolute atomic E-state index is 5.48. The van der Waals surface area contributed by atoms with Crippen molar-refractivity contribution in [2.75, 3.05) is 0 Å². The molecule has 0 heterocycles. The summed E-state index contributed by atoms with van der Waals surface area (Å²) in [6.45, 7) is 6.49. The van der Waals surface area contributed by atoms with Crippen LogP contribution in [-0.4, -0.2) is 0 Å². The standard InChI is InChI=1S/C13H16/c1-5-13-11(4)7-6-8-12(13)9-10(2)3/h1,6-8,10H,9H2,2-4H3. The monoisotopic (exact) mass is 172 g/mol. The fraction of sp³-hybridized carbons (Fsp3) is 0.385. The second kappa shape index (κ2) is 4.14. The second-order valence-corrected chi connectivity index (χ2v) is 3.85. The first-order valence-corrected chi connectivity index (χ1v) is 4.70. The predicted octanol–water partition coefficient (Wildman–Crippen LogP) is 3.17.